The van der Waals surface area contributed by atoms with Gasteiger partial charge >= 0.3 is 12.0 Å². The van der Waals surface area contributed by atoms with Crippen molar-refractivity contribution >= 4 is 30.1 Å². The molecule has 0 aliphatic carbocycles. The molecule has 0 bridgehead atoms. The number of carbonyl (C=O) groups excluding carboxylic acids is 1. The summed E-state index contributed by atoms with van der Waals surface area (Å²) in [5, 5.41) is 12.7. The molecular formula is C22H34ClN3O3. The SMILES string of the molecule is CCCC(Cc1ccc(N2CCN(CCC3CCNCC3)C2=O)cc1)C(=O)O.Cl. The number of piperidine rings is 1. The third-order valence-corrected chi connectivity index (χ3v) is 6.08. The van der Waals surface area contributed by atoms with E-state index in [0.717, 1.165) is 62.7 Å². The number of amides is 2. The minimum absolute atomic E-state index is 0. The number of rotatable bonds is 9. The Kier molecular flexibility index (Phi) is 9.24. The minimum atomic E-state index is -0.731. The summed E-state index contributed by atoms with van der Waals surface area (Å²) >= 11 is 0. The molecule has 0 radical (unpaired) electrons. The Hall–Kier alpha value is -1.79. The molecule has 1 aromatic carbocycles. The van der Waals surface area contributed by atoms with E-state index in [4.69, 9.17) is 0 Å². The topological polar surface area (TPSA) is 72.9 Å². The Bertz CT molecular complexity index is 662. The smallest absolute Gasteiger partial charge is 0.324 e. The number of nitrogens with zero attached hydrogens (tertiary/aromatic N) is 2. The zero-order chi connectivity index (χ0) is 19.9. The average molecular weight is 424 g/mol. The monoisotopic (exact) mass is 423 g/mol. The molecule has 162 valence electrons. The van der Waals surface area contributed by atoms with Crippen LogP contribution >= 0.6 is 12.4 Å². The summed E-state index contributed by atoms with van der Waals surface area (Å²) in [5.41, 5.74) is 1.92. The maximum atomic E-state index is 12.8. The second kappa shape index (κ2) is 11.4. The van der Waals surface area contributed by atoms with Crippen LogP contribution in [-0.4, -0.2) is 54.7 Å². The Morgan fingerprint density at radius 1 is 1.21 bits per heavy atom. The van der Waals surface area contributed by atoms with E-state index in [1.54, 1.807) is 0 Å². The molecule has 0 spiro atoms. The summed E-state index contributed by atoms with van der Waals surface area (Å²) in [5.74, 6) is -0.340. The van der Waals surface area contributed by atoms with Gasteiger partial charge in [-0.2, -0.15) is 0 Å². The van der Waals surface area contributed by atoms with Gasteiger partial charge in [-0.3, -0.25) is 9.69 Å². The molecule has 7 heteroatoms. The van der Waals surface area contributed by atoms with Crippen LogP contribution in [0, 0.1) is 11.8 Å². The van der Waals surface area contributed by atoms with E-state index >= 15 is 0 Å². The van der Waals surface area contributed by atoms with Gasteiger partial charge in [0.25, 0.3) is 0 Å². The van der Waals surface area contributed by atoms with Crippen molar-refractivity contribution in [3.8, 4) is 0 Å². The lowest BCUT2D eigenvalue weighted by Crippen LogP contribution is -2.34. The van der Waals surface area contributed by atoms with E-state index in [1.807, 2.05) is 41.0 Å². The standard InChI is InChI=1S/C22H33N3O3.ClH/c1-2-3-19(21(26)27)16-18-4-6-20(7-5-18)25-15-14-24(22(25)28)13-10-17-8-11-23-12-9-17;/h4-7,17,19,23H,2-3,8-16H2,1H3,(H,26,27);1H. The van der Waals surface area contributed by atoms with Crippen molar-refractivity contribution in [3.05, 3.63) is 29.8 Å². The lowest BCUT2D eigenvalue weighted by Gasteiger charge is -2.25. The van der Waals surface area contributed by atoms with Crippen LogP contribution in [0.2, 0.25) is 0 Å². The molecule has 2 aliphatic rings. The van der Waals surface area contributed by atoms with Gasteiger partial charge in [-0.25, -0.2) is 4.79 Å². The van der Waals surface area contributed by atoms with Gasteiger partial charge in [0.15, 0.2) is 0 Å². The maximum Gasteiger partial charge on any atom is 0.324 e. The lowest BCUT2D eigenvalue weighted by molar-refractivity contribution is -0.141. The first-order valence-corrected chi connectivity index (χ1v) is 10.7. The highest BCUT2D eigenvalue weighted by atomic mass is 35.5. The third kappa shape index (κ3) is 6.34. The van der Waals surface area contributed by atoms with Crippen LogP contribution in [0.1, 0.15) is 44.6 Å². The molecule has 29 heavy (non-hydrogen) atoms. The molecule has 3 rings (SSSR count). The minimum Gasteiger partial charge on any atom is -0.481 e. The molecule has 2 heterocycles. The van der Waals surface area contributed by atoms with Gasteiger partial charge in [0, 0.05) is 25.3 Å². The van der Waals surface area contributed by atoms with Crippen molar-refractivity contribution in [3.63, 3.8) is 0 Å². The predicted octanol–water partition coefficient (Wildman–Crippen LogP) is 3.78. The van der Waals surface area contributed by atoms with E-state index < -0.39 is 5.97 Å². The highest BCUT2D eigenvalue weighted by molar-refractivity contribution is 5.94. The van der Waals surface area contributed by atoms with Crippen molar-refractivity contribution in [2.24, 2.45) is 11.8 Å². The number of hydrogen-bond acceptors (Lipinski definition) is 3. The first kappa shape index (κ1) is 23.5. The Labute approximate surface area is 180 Å². The van der Waals surface area contributed by atoms with Gasteiger partial charge in [-0.1, -0.05) is 25.5 Å². The van der Waals surface area contributed by atoms with Crippen LogP contribution in [0.4, 0.5) is 10.5 Å². The van der Waals surface area contributed by atoms with Gasteiger partial charge in [0.05, 0.1) is 5.92 Å². The van der Waals surface area contributed by atoms with Gasteiger partial charge in [-0.05, 0) is 68.8 Å². The molecule has 2 amide bonds. The van der Waals surface area contributed by atoms with Crippen molar-refractivity contribution in [1.82, 2.24) is 10.2 Å². The number of carboxylic acids is 1. The Balaban J connectivity index is 0.00000300. The summed E-state index contributed by atoms with van der Waals surface area (Å²) in [6, 6.07) is 7.93. The number of carbonyl (C=O) groups is 2. The number of nitrogens with one attached hydrogen (secondary N) is 1. The summed E-state index contributed by atoms with van der Waals surface area (Å²) in [4.78, 5) is 28.0. The second-order valence-corrected chi connectivity index (χ2v) is 8.10. The summed E-state index contributed by atoms with van der Waals surface area (Å²) < 4.78 is 0. The lowest BCUT2D eigenvalue weighted by atomic mass is 9.94. The van der Waals surface area contributed by atoms with Crippen LogP contribution < -0.4 is 10.2 Å². The van der Waals surface area contributed by atoms with Crippen molar-refractivity contribution in [2.75, 3.05) is 37.6 Å². The molecule has 2 saturated heterocycles. The number of anilines is 1. The van der Waals surface area contributed by atoms with Crippen LogP contribution in [-0.2, 0) is 11.2 Å². The number of aliphatic carboxylic acids is 1. The Morgan fingerprint density at radius 3 is 2.52 bits per heavy atom. The molecule has 2 aliphatic heterocycles. The molecule has 0 saturated carbocycles. The summed E-state index contributed by atoms with van der Waals surface area (Å²) in [7, 11) is 0. The molecule has 1 aromatic rings. The van der Waals surface area contributed by atoms with Gasteiger partial charge in [0.1, 0.15) is 0 Å². The highest BCUT2D eigenvalue weighted by Gasteiger charge is 2.30. The van der Waals surface area contributed by atoms with Gasteiger partial charge < -0.3 is 15.3 Å². The fourth-order valence-corrected chi connectivity index (χ4v) is 4.30. The predicted molar refractivity (Wildman–Crippen MR) is 118 cm³/mol. The second-order valence-electron chi connectivity index (χ2n) is 8.10. The van der Waals surface area contributed by atoms with Crippen LogP contribution in [0.25, 0.3) is 0 Å². The molecule has 0 aromatic heterocycles. The van der Waals surface area contributed by atoms with Crippen molar-refractivity contribution in [1.29, 1.82) is 0 Å². The summed E-state index contributed by atoms with van der Waals surface area (Å²) in [6.45, 7) is 6.54. The normalized spacial score (nSPS) is 18.6. The van der Waals surface area contributed by atoms with Gasteiger partial charge in [0.2, 0.25) is 0 Å². The molecule has 2 fully saturated rings. The molecule has 6 nitrogen and oxygen atoms in total. The zero-order valence-electron chi connectivity index (χ0n) is 17.3. The number of carboxylic acid groups (broad SMARTS) is 1. The average Bonchev–Trinajstić information content (AvgIpc) is 3.08. The molecule has 1 atom stereocenters. The maximum absolute atomic E-state index is 12.8. The van der Waals surface area contributed by atoms with E-state index in [-0.39, 0.29) is 24.4 Å². The van der Waals surface area contributed by atoms with Crippen LogP contribution in [0.15, 0.2) is 24.3 Å². The highest BCUT2D eigenvalue weighted by Crippen LogP contribution is 2.24. The first-order valence-electron chi connectivity index (χ1n) is 10.7. The van der Waals surface area contributed by atoms with E-state index in [2.05, 4.69) is 5.32 Å². The van der Waals surface area contributed by atoms with E-state index in [0.29, 0.717) is 12.8 Å². The number of urea groups is 1. The summed E-state index contributed by atoms with van der Waals surface area (Å²) in [6.07, 6.45) is 5.61. The quantitative estimate of drug-likeness (QED) is 0.633. The molecular weight excluding hydrogens is 390 g/mol. The largest absolute Gasteiger partial charge is 0.481 e. The fraction of sp³-hybridized carbons (Fsp3) is 0.636. The van der Waals surface area contributed by atoms with Crippen molar-refractivity contribution in [2.45, 2.75) is 45.4 Å². The van der Waals surface area contributed by atoms with E-state index in [9.17, 15) is 14.7 Å². The van der Waals surface area contributed by atoms with Crippen LogP contribution in [0.3, 0.4) is 0 Å². The van der Waals surface area contributed by atoms with Gasteiger partial charge in [-0.15, -0.1) is 12.4 Å². The third-order valence-electron chi connectivity index (χ3n) is 6.08. The fourth-order valence-electron chi connectivity index (χ4n) is 4.30. The Morgan fingerprint density at radius 2 is 1.90 bits per heavy atom. The zero-order valence-corrected chi connectivity index (χ0v) is 18.1. The number of halogens is 1. The number of hydrogen-bond donors (Lipinski definition) is 2. The van der Waals surface area contributed by atoms with Crippen molar-refractivity contribution < 1.29 is 14.7 Å². The van der Waals surface area contributed by atoms with E-state index in [1.165, 1.54) is 12.8 Å². The number of benzene rings is 1. The molecule has 2 N–H and O–H groups in total. The van der Waals surface area contributed by atoms with Crippen LogP contribution in [0.5, 0.6) is 0 Å². The molecule has 1 unspecified atom stereocenters. The first-order chi connectivity index (χ1) is 13.6.